The van der Waals surface area contributed by atoms with Crippen molar-refractivity contribution >= 4 is 18.2 Å². The molecule has 0 N–H and O–H groups in total. The third-order valence-electron chi connectivity index (χ3n) is 0.655. The molecule has 0 aliphatic heterocycles. The maximum atomic E-state index is 2.25. The van der Waals surface area contributed by atoms with Gasteiger partial charge in [-0.2, -0.15) is 0 Å². The topological polar surface area (TPSA) is 0 Å². The molecule has 0 saturated carbocycles. The molecule has 0 aliphatic carbocycles. The van der Waals surface area contributed by atoms with E-state index in [1.165, 1.54) is 12.3 Å². The fourth-order valence-corrected chi connectivity index (χ4v) is 1.06. The predicted octanol–water partition coefficient (Wildman–Crippen LogP) is 1.78. The average molecular weight is 116 g/mol. The van der Waals surface area contributed by atoms with E-state index in [1.807, 2.05) is 11.6 Å². The Labute approximate surface area is 51.2 Å². The summed E-state index contributed by atoms with van der Waals surface area (Å²) in [4.78, 5) is 0. The van der Waals surface area contributed by atoms with Gasteiger partial charge >= 0.3 is 0 Å². The van der Waals surface area contributed by atoms with Gasteiger partial charge in [-0.1, -0.05) is 20.7 Å². The van der Waals surface area contributed by atoms with Crippen molar-refractivity contribution < 1.29 is 0 Å². The van der Waals surface area contributed by atoms with Gasteiger partial charge in [-0.05, 0) is 11.7 Å². The Bertz CT molecular complexity index is 37.1. The van der Waals surface area contributed by atoms with E-state index in [0.717, 1.165) is 5.92 Å². The maximum absolute atomic E-state index is 2.25. The Morgan fingerprint density at radius 3 is 2.29 bits per heavy atom. The molecule has 0 aliphatic rings. The summed E-state index contributed by atoms with van der Waals surface area (Å²) in [5.41, 5.74) is 0. The summed E-state index contributed by atoms with van der Waals surface area (Å²) in [6.45, 7) is 7.97. The van der Waals surface area contributed by atoms with Gasteiger partial charge < -0.3 is 0 Å². The Hall–Kier alpha value is 0.415. The SMILES string of the molecule is CBSCC(C)C. The largest absolute Gasteiger partial charge is 0.215 e. The molecule has 0 saturated heterocycles. The molecule has 0 spiro atoms. The monoisotopic (exact) mass is 116 g/mol. The normalized spacial score (nSPS) is 9.71. The second kappa shape index (κ2) is 4.57. The zero-order chi connectivity index (χ0) is 5.70. The summed E-state index contributed by atoms with van der Waals surface area (Å²) in [5, 5.41) is 0. The van der Waals surface area contributed by atoms with Crippen molar-refractivity contribution in [2.45, 2.75) is 20.7 Å². The highest BCUT2D eigenvalue weighted by molar-refractivity contribution is 8.22. The van der Waals surface area contributed by atoms with E-state index in [0.29, 0.717) is 0 Å². The van der Waals surface area contributed by atoms with Crippen molar-refractivity contribution in [1.29, 1.82) is 0 Å². The van der Waals surface area contributed by atoms with Gasteiger partial charge in [-0.25, -0.2) is 11.6 Å². The maximum Gasteiger partial charge on any atom is 0.188 e. The molecule has 0 aromatic carbocycles. The zero-order valence-corrected chi connectivity index (χ0v) is 6.22. The quantitative estimate of drug-likeness (QED) is 0.506. The van der Waals surface area contributed by atoms with Crippen molar-refractivity contribution in [2.75, 3.05) is 5.75 Å². The fraction of sp³-hybridized carbons (Fsp3) is 1.00. The lowest BCUT2D eigenvalue weighted by Gasteiger charge is -1.98. The van der Waals surface area contributed by atoms with Crippen molar-refractivity contribution in [2.24, 2.45) is 5.92 Å². The van der Waals surface area contributed by atoms with Crippen LogP contribution in [-0.4, -0.2) is 12.3 Å². The van der Waals surface area contributed by atoms with Gasteiger partial charge in [0.2, 0.25) is 0 Å². The van der Waals surface area contributed by atoms with Crippen molar-refractivity contribution in [3.8, 4) is 0 Å². The van der Waals surface area contributed by atoms with E-state index in [2.05, 4.69) is 20.7 Å². The fourth-order valence-electron chi connectivity index (χ4n) is 0.354. The van der Waals surface area contributed by atoms with Gasteiger partial charge in [-0.15, -0.1) is 0 Å². The van der Waals surface area contributed by atoms with Crippen molar-refractivity contribution in [3.05, 3.63) is 0 Å². The highest BCUT2D eigenvalue weighted by atomic mass is 32.2. The highest BCUT2D eigenvalue weighted by Crippen LogP contribution is 2.03. The second-order valence-corrected chi connectivity index (χ2v) is 3.37. The van der Waals surface area contributed by atoms with Crippen LogP contribution in [0.1, 0.15) is 13.8 Å². The summed E-state index contributed by atoms with van der Waals surface area (Å²) in [6.07, 6.45) is 0. The highest BCUT2D eigenvalue weighted by Gasteiger charge is 1.89. The molecule has 0 bridgehead atoms. The lowest BCUT2D eigenvalue weighted by molar-refractivity contribution is 0.752. The Morgan fingerprint density at radius 1 is 1.57 bits per heavy atom. The van der Waals surface area contributed by atoms with Crippen LogP contribution in [0.15, 0.2) is 0 Å². The van der Waals surface area contributed by atoms with Crippen LogP contribution in [0.3, 0.4) is 0 Å². The first-order valence-corrected chi connectivity index (χ1v) is 4.00. The van der Waals surface area contributed by atoms with Gasteiger partial charge in [0, 0.05) is 0 Å². The van der Waals surface area contributed by atoms with Gasteiger partial charge in [0.05, 0.1) is 0 Å². The lowest BCUT2D eigenvalue weighted by Crippen LogP contribution is -1.90. The van der Waals surface area contributed by atoms with Crippen LogP contribution in [-0.2, 0) is 0 Å². The molecule has 0 amide bonds. The first-order chi connectivity index (χ1) is 3.27. The van der Waals surface area contributed by atoms with Crippen molar-refractivity contribution in [3.63, 3.8) is 0 Å². The van der Waals surface area contributed by atoms with E-state index < -0.39 is 0 Å². The first-order valence-electron chi connectivity index (χ1n) is 2.85. The van der Waals surface area contributed by atoms with E-state index in [4.69, 9.17) is 0 Å². The molecule has 0 atom stereocenters. The Balaban J connectivity index is 2.68. The molecular weight excluding hydrogens is 103 g/mol. The van der Waals surface area contributed by atoms with Crippen LogP contribution in [0, 0.1) is 5.92 Å². The summed E-state index contributed by atoms with van der Waals surface area (Å²) in [6, 6.07) is 0. The third kappa shape index (κ3) is 6.41. The molecule has 0 nitrogen and oxygen atoms in total. The van der Waals surface area contributed by atoms with Crippen LogP contribution in [0.25, 0.3) is 0 Å². The van der Waals surface area contributed by atoms with Gasteiger partial charge in [-0.3, -0.25) is 0 Å². The molecule has 2 heteroatoms. The molecule has 0 aromatic heterocycles. The third-order valence-corrected chi connectivity index (χ3v) is 1.97. The Morgan fingerprint density at radius 2 is 2.14 bits per heavy atom. The molecule has 0 heterocycles. The van der Waals surface area contributed by atoms with E-state index in [1.54, 1.807) is 0 Å². The van der Waals surface area contributed by atoms with Gasteiger partial charge in [0.15, 0.2) is 6.56 Å². The number of hydrogen-bond donors (Lipinski definition) is 0. The minimum Gasteiger partial charge on any atom is -0.215 e. The summed E-state index contributed by atoms with van der Waals surface area (Å²) in [7, 11) is 0. The Kier molecular flexibility index (Phi) is 4.84. The van der Waals surface area contributed by atoms with E-state index in [-0.39, 0.29) is 0 Å². The molecular formula is C5H13BS. The van der Waals surface area contributed by atoms with Crippen LogP contribution in [0.4, 0.5) is 0 Å². The first kappa shape index (κ1) is 7.41. The molecule has 0 radical (unpaired) electrons. The minimum absolute atomic E-state index is 0.866. The van der Waals surface area contributed by atoms with Crippen molar-refractivity contribution in [1.82, 2.24) is 0 Å². The average Bonchev–Trinajstić information content (AvgIpc) is 1.61. The molecule has 42 valence electrons. The predicted molar refractivity (Wildman–Crippen MR) is 40.3 cm³/mol. The molecule has 0 rings (SSSR count). The lowest BCUT2D eigenvalue weighted by atomic mass is 10.2. The summed E-state index contributed by atoms with van der Waals surface area (Å²) < 4.78 is 0. The van der Waals surface area contributed by atoms with Crippen LogP contribution in [0.2, 0.25) is 6.82 Å². The summed E-state index contributed by atoms with van der Waals surface area (Å²) in [5.74, 6) is 2.18. The molecule has 7 heavy (non-hydrogen) atoms. The van der Waals surface area contributed by atoms with Crippen LogP contribution in [0.5, 0.6) is 0 Å². The second-order valence-electron chi connectivity index (χ2n) is 2.05. The van der Waals surface area contributed by atoms with Gasteiger partial charge in [0.25, 0.3) is 0 Å². The van der Waals surface area contributed by atoms with E-state index in [9.17, 15) is 0 Å². The smallest absolute Gasteiger partial charge is 0.188 e. The molecule has 0 fully saturated rings. The van der Waals surface area contributed by atoms with Gasteiger partial charge in [0.1, 0.15) is 0 Å². The zero-order valence-electron chi connectivity index (χ0n) is 5.40. The molecule has 0 unspecified atom stereocenters. The number of rotatable bonds is 3. The summed E-state index contributed by atoms with van der Waals surface area (Å²) >= 11 is 2.02. The number of hydrogen-bond acceptors (Lipinski definition) is 1. The van der Waals surface area contributed by atoms with Crippen LogP contribution >= 0.6 is 11.6 Å². The van der Waals surface area contributed by atoms with E-state index >= 15 is 0 Å². The standard InChI is InChI=1S/C5H13BS/c1-5(2)4-7-6-3/h5-6H,4H2,1-3H3. The van der Waals surface area contributed by atoms with Crippen LogP contribution < -0.4 is 0 Å². The minimum atomic E-state index is 0.866. The molecule has 0 aromatic rings.